The lowest BCUT2D eigenvalue weighted by Gasteiger charge is -2.40. The average molecular weight is 337 g/mol. The van der Waals surface area contributed by atoms with E-state index in [1.54, 1.807) is 11.3 Å². The molecule has 0 aliphatic carbocycles. The van der Waals surface area contributed by atoms with Gasteiger partial charge in [0, 0.05) is 50.3 Å². The maximum absolute atomic E-state index is 12.5. The second kappa shape index (κ2) is 8.13. The zero-order valence-corrected chi connectivity index (χ0v) is 14.7. The van der Waals surface area contributed by atoms with E-state index in [4.69, 9.17) is 4.74 Å². The van der Waals surface area contributed by atoms with Crippen LogP contribution in [0.2, 0.25) is 0 Å². The number of nitrogens with one attached hydrogen (secondary N) is 1. The van der Waals surface area contributed by atoms with Crippen LogP contribution in [0.4, 0.5) is 4.79 Å². The zero-order chi connectivity index (χ0) is 16.1. The van der Waals surface area contributed by atoms with Crippen molar-refractivity contribution in [2.75, 3.05) is 39.4 Å². The Hall–Kier alpha value is -1.11. The fourth-order valence-electron chi connectivity index (χ4n) is 3.44. The van der Waals surface area contributed by atoms with E-state index in [9.17, 15) is 4.79 Å². The third-order valence-electron chi connectivity index (χ3n) is 4.90. The maximum Gasteiger partial charge on any atom is 0.317 e. The summed E-state index contributed by atoms with van der Waals surface area (Å²) in [5, 5.41) is 5.26. The lowest BCUT2D eigenvalue weighted by atomic mass is 10.1. The van der Waals surface area contributed by atoms with Gasteiger partial charge in [-0.15, -0.1) is 11.3 Å². The number of carbonyl (C=O) groups excluding carboxylic acids is 1. The van der Waals surface area contributed by atoms with Crippen LogP contribution in [0.1, 0.15) is 37.1 Å². The van der Waals surface area contributed by atoms with Gasteiger partial charge in [-0.1, -0.05) is 13.0 Å². The molecule has 2 aliphatic rings. The summed E-state index contributed by atoms with van der Waals surface area (Å²) in [7, 11) is 0. The van der Waals surface area contributed by atoms with E-state index in [0.717, 1.165) is 58.7 Å². The summed E-state index contributed by atoms with van der Waals surface area (Å²) >= 11 is 1.71. The number of piperazine rings is 1. The molecule has 1 N–H and O–H groups in total. The molecule has 0 aromatic carbocycles. The average Bonchev–Trinajstić information content (AvgIpc) is 3.15. The third-order valence-corrected chi connectivity index (χ3v) is 5.89. The Morgan fingerprint density at radius 2 is 2.09 bits per heavy atom. The van der Waals surface area contributed by atoms with E-state index < -0.39 is 0 Å². The van der Waals surface area contributed by atoms with E-state index in [-0.39, 0.29) is 12.1 Å². The Morgan fingerprint density at radius 3 is 2.70 bits per heavy atom. The Kier molecular flexibility index (Phi) is 5.91. The zero-order valence-electron chi connectivity index (χ0n) is 13.9. The molecule has 0 saturated carbocycles. The second-order valence-corrected chi connectivity index (χ2v) is 7.27. The minimum atomic E-state index is 0.0804. The number of thiophene rings is 1. The summed E-state index contributed by atoms with van der Waals surface area (Å²) < 4.78 is 5.44. The lowest BCUT2D eigenvalue weighted by molar-refractivity contribution is 0.0186. The minimum Gasteiger partial charge on any atom is -0.381 e. The molecule has 3 heterocycles. The number of urea groups is 1. The molecule has 2 amide bonds. The van der Waals surface area contributed by atoms with Gasteiger partial charge in [0.05, 0.1) is 6.04 Å². The van der Waals surface area contributed by atoms with Crippen LogP contribution in [0.5, 0.6) is 0 Å². The Balaban J connectivity index is 1.48. The van der Waals surface area contributed by atoms with Crippen molar-refractivity contribution < 1.29 is 9.53 Å². The van der Waals surface area contributed by atoms with E-state index >= 15 is 0 Å². The summed E-state index contributed by atoms with van der Waals surface area (Å²) in [6.07, 6.45) is 3.18. The van der Waals surface area contributed by atoms with E-state index in [2.05, 4.69) is 28.6 Å². The quantitative estimate of drug-likeness (QED) is 0.919. The predicted octanol–water partition coefficient (Wildman–Crippen LogP) is 2.71. The molecule has 1 unspecified atom stereocenters. The van der Waals surface area contributed by atoms with Crippen LogP contribution in [0.15, 0.2) is 17.5 Å². The lowest BCUT2D eigenvalue weighted by Crippen LogP contribution is -2.55. The molecular formula is C17H27N3O2S. The highest BCUT2D eigenvalue weighted by molar-refractivity contribution is 7.10. The predicted molar refractivity (Wildman–Crippen MR) is 92.9 cm³/mol. The van der Waals surface area contributed by atoms with Crippen LogP contribution in [-0.2, 0) is 4.74 Å². The van der Waals surface area contributed by atoms with Gasteiger partial charge in [-0.05, 0) is 30.7 Å². The highest BCUT2D eigenvalue weighted by atomic mass is 32.1. The molecule has 23 heavy (non-hydrogen) atoms. The summed E-state index contributed by atoms with van der Waals surface area (Å²) in [5.41, 5.74) is 0. The van der Waals surface area contributed by atoms with Crippen molar-refractivity contribution in [3.05, 3.63) is 22.4 Å². The van der Waals surface area contributed by atoms with Gasteiger partial charge in [0.1, 0.15) is 0 Å². The van der Waals surface area contributed by atoms with Crippen LogP contribution in [-0.4, -0.2) is 61.3 Å². The molecule has 0 spiro atoms. The molecule has 2 aliphatic heterocycles. The third kappa shape index (κ3) is 4.25. The van der Waals surface area contributed by atoms with Crippen molar-refractivity contribution in [2.24, 2.45) is 0 Å². The Labute approximate surface area is 142 Å². The molecule has 1 aromatic rings. The van der Waals surface area contributed by atoms with Crippen molar-refractivity contribution in [1.82, 2.24) is 15.1 Å². The molecule has 2 fully saturated rings. The van der Waals surface area contributed by atoms with Crippen LogP contribution in [0, 0.1) is 0 Å². The van der Waals surface area contributed by atoms with Crippen molar-refractivity contribution in [1.29, 1.82) is 0 Å². The molecule has 5 nitrogen and oxygen atoms in total. The first-order chi connectivity index (χ1) is 11.3. The summed E-state index contributed by atoms with van der Waals surface area (Å²) in [5.74, 6) is 0. The number of ether oxygens (including phenoxy) is 1. The maximum atomic E-state index is 12.5. The van der Waals surface area contributed by atoms with Crippen LogP contribution in [0.3, 0.4) is 0 Å². The van der Waals surface area contributed by atoms with Crippen LogP contribution < -0.4 is 5.32 Å². The van der Waals surface area contributed by atoms with Gasteiger partial charge < -0.3 is 15.0 Å². The van der Waals surface area contributed by atoms with Gasteiger partial charge in [0.25, 0.3) is 0 Å². The van der Waals surface area contributed by atoms with Gasteiger partial charge in [-0.25, -0.2) is 4.79 Å². The smallest absolute Gasteiger partial charge is 0.317 e. The van der Waals surface area contributed by atoms with Crippen molar-refractivity contribution in [3.8, 4) is 0 Å². The number of rotatable bonds is 4. The minimum absolute atomic E-state index is 0.0804. The van der Waals surface area contributed by atoms with Crippen molar-refractivity contribution in [2.45, 2.75) is 38.3 Å². The molecule has 1 atom stereocenters. The van der Waals surface area contributed by atoms with Gasteiger partial charge in [-0.2, -0.15) is 0 Å². The van der Waals surface area contributed by atoms with E-state index in [1.165, 1.54) is 4.88 Å². The number of carbonyl (C=O) groups is 1. The molecule has 0 bridgehead atoms. The van der Waals surface area contributed by atoms with E-state index in [1.807, 2.05) is 11.0 Å². The SMILES string of the molecule is CCC(NC(=O)N1CCN(C2CCOCC2)CC1)c1cccs1. The molecule has 1 aromatic heterocycles. The molecular weight excluding hydrogens is 310 g/mol. The number of hydrogen-bond acceptors (Lipinski definition) is 4. The monoisotopic (exact) mass is 337 g/mol. The van der Waals surface area contributed by atoms with Gasteiger partial charge in [-0.3, -0.25) is 4.90 Å². The highest BCUT2D eigenvalue weighted by Crippen LogP contribution is 2.22. The van der Waals surface area contributed by atoms with Crippen molar-refractivity contribution in [3.63, 3.8) is 0 Å². The second-order valence-electron chi connectivity index (χ2n) is 6.29. The Bertz CT molecular complexity index is 480. The highest BCUT2D eigenvalue weighted by Gasteiger charge is 2.28. The normalized spacial score (nSPS) is 22.0. The largest absolute Gasteiger partial charge is 0.381 e. The van der Waals surface area contributed by atoms with Gasteiger partial charge in [0.15, 0.2) is 0 Å². The molecule has 128 valence electrons. The number of amides is 2. The molecule has 0 radical (unpaired) electrons. The number of nitrogens with zero attached hydrogens (tertiary/aromatic N) is 2. The molecule has 2 saturated heterocycles. The summed E-state index contributed by atoms with van der Waals surface area (Å²) in [4.78, 5) is 18.3. The summed E-state index contributed by atoms with van der Waals surface area (Å²) in [6, 6.07) is 5.00. The van der Waals surface area contributed by atoms with Crippen molar-refractivity contribution >= 4 is 17.4 Å². The number of hydrogen-bond donors (Lipinski definition) is 1. The topological polar surface area (TPSA) is 44.8 Å². The van der Waals surface area contributed by atoms with E-state index in [0.29, 0.717) is 6.04 Å². The standard InChI is InChI=1S/C17H27N3O2S/c1-2-15(16-4-3-13-23-16)18-17(21)20-9-7-19(8-10-20)14-5-11-22-12-6-14/h3-4,13-15H,2,5-12H2,1H3,(H,18,21). The summed E-state index contributed by atoms with van der Waals surface area (Å²) in [6.45, 7) is 7.48. The first-order valence-corrected chi connectivity index (χ1v) is 9.56. The molecule has 3 rings (SSSR count). The van der Waals surface area contributed by atoms with Crippen LogP contribution in [0.25, 0.3) is 0 Å². The van der Waals surface area contributed by atoms with Gasteiger partial charge in [0.2, 0.25) is 0 Å². The first-order valence-electron chi connectivity index (χ1n) is 8.68. The Morgan fingerprint density at radius 1 is 1.35 bits per heavy atom. The fraction of sp³-hybridized carbons (Fsp3) is 0.706. The fourth-order valence-corrected chi connectivity index (χ4v) is 4.31. The van der Waals surface area contributed by atoms with Gasteiger partial charge >= 0.3 is 6.03 Å². The molecule has 6 heteroatoms. The van der Waals surface area contributed by atoms with Crippen LogP contribution >= 0.6 is 11.3 Å². The first kappa shape index (κ1) is 16.7.